The van der Waals surface area contributed by atoms with E-state index in [-0.39, 0.29) is 48.4 Å². The Labute approximate surface area is 196 Å². The van der Waals surface area contributed by atoms with E-state index < -0.39 is 0 Å². The summed E-state index contributed by atoms with van der Waals surface area (Å²) in [7, 11) is 1.42. The van der Waals surface area contributed by atoms with Gasteiger partial charge in [0.25, 0.3) is 0 Å². The van der Waals surface area contributed by atoms with E-state index in [1.807, 2.05) is 30.6 Å². The van der Waals surface area contributed by atoms with Gasteiger partial charge in [-0.25, -0.2) is 14.6 Å². The number of carbonyl (C=O) groups excluding carboxylic acids is 2. The van der Waals surface area contributed by atoms with E-state index in [9.17, 15) is 14.7 Å². The molecule has 5 unspecified atom stereocenters. The summed E-state index contributed by atoms with van der Waals surface area (Å²) in [6, 6.07) is -0.270. The Bertz CT molecular complexity index is 712. The molecule has 10 heteroatoms. The Balaban J connectivity index is 1.45. The molecular formula is C23H40N4O6. The standard InChI is InChI=1S/C23H40N4O6/c1-15(2)33-21(29)26-9-16(3)27(22(30)31-4)19-6-5-17(7-20(19)26)18-8-24-25(10-18)11-23(12-28)13-32-14-23/h15-20,24,28H,5-14H2,1-4H3. The van der Waals surface area contributed by atoms with Crippen LogP contribution in [0.5, 0.6) is 0 Å². The van der Waals surface area contributed by atoms with E-state index in [2.05, 4.69) is 10.4 Å². The lowest BCUT2D eigenvalue weighted by molar-refractivity contribution is -0.150. The molecule has 5 atom stereocenters. The second kappa shape index (κ2) is 9.93. The Morgan fingerprint density at radius 1 is 1.15 bits per heavy atom. The molecule has 4 aliphatic rings. The number of rotatable bonds is 5. The van der Waals surface area contributed by atoms with Crippen LogP contribution in [0.4, 0.5) is 9.59 Å². The van der Waals surface area contributed by atoms with Crippen LogP contribution in [-0.4, -0.2) is 109 Å². The number of amides is 2. The normalized spacial score (nSPS) is 34.1. The molecule has 0 aromatic heterocycles. The van der Waals surface area contributed by atoms with Gasteiger partial charge in [-0.1, -0.05) is 0 Å². The highest BCUT2D eigenvalue weighted by Crippen LogP contribution is 2.40. The van der Waals surface area contributed by atoms with Gasteiger partial charge in [-0.05, 0) is 51.9 Å². The predicted molar refractivity (Wildman–Crippen MR) is 120 cm³/mol. The molecule has 3 heterocycles. The average Bonchev–Trinajstić information content (AvgIpc) is 3.23. The first-order valence-corrected chi connectivity index (χ1v) is 12.3. The smallest absolute Gasteiger partial charge is 0.410 e. The van der Waals surface area contributed by atoms with Gasteiger partial charge in [0, 0.05) is 26.2 Å². The molecule has 4 fully saturated rings. The van der Waals surface area contributed by atoms with Crippen molar-refractivity contribution in [2.45, 2.75) is 64.3 Å². The third-order valence-electron chi connectivity index (χ3n) is 7.85. The second-order valence-corrected chi connectivity index (χ2v) is 10.7. The zero-order valence-corrected chi connectivity index (χ0v) is 20.4. The molecule has 1 saturated carbocycles. The first-order valence-electron chi connectivity index (χ1n) is 12.3. The van der Waals surface area contributed by atoms with Gasteiger partial charge in [-0.2, -0.15) is 0 Å². The lowest BCUT2D eigenvalue weighted by atomic mass is 9.73. The third kappa shape index (κ3) is 4.94. The van der Waals surface area contributed by atoms with E-state index in [4.69, 9.17) is 14.2 Å². The van der Waals surface area contributed by atoms with Gasteiger partial charge in [0.1, 0.15) is 0 Å². The van der Waals surface area contributed by atoms with E-state index in [0.29, 0.717) is 31.6 Å². The summed E-state index contributed by atoms with van der Waals surface area (Å²) < 4.78 is 16.0. The summed E-state index contributed by atoms with van der Waals surface area (Å²) in [6.07, 6.45) is 1.88. The number of aliphatic hydroxyl groups is 1. The zero-order chi connectivity index (χ0) is 23.8. The topological polar surface area (TPSA) is 104 Å². The lowest BCUT2D eigenvalue weighted by Gasteiger charge is -2.53. The first-order chi connectivity index (χ1) is 15.8. The number of methoxy groups -OCH3 is 1. The monoisotopic (exact) mass is 468 g/mol. The number of nitrogens with zero attached hydrogens (tertiary/aromatic N) is 3. The van der Waals surface area contributed by atoms with Gasteiger partial charge < -0.3 is 24.2 Å². The van der Waals surface area contributed by atoms with Crippen LogP contribution >= 0.6 is 0 Å². The van der Waals surface area contributed by atoms with E-state index >= 15 is 0 Å². The average molecular weight is 469 g/mol. The Hall–Kier alpha value is -1.62. The highest BCUT2D eigenvalue weighted by molar-refractivity contribution is 5.72. The Kier molecular flexibility index (Phi) is 7.38. The van der Waals surface area contributed by atoms with Gasteiger partial charge in [-0.3, -0.25) is 10.3 Å². The number of hydrogen-bond donors (Lipinski definition) is 2. The van der Waals surface area contributed by atoms with Crippen LogP contribution in [0, 0.1) is 17.3 Å². The zero-order valence-electron chi connectivity index (χ0n) is 20.4. The fourth-order valence-electron chi connectivity index (χ4n) is 6.11. The minimum Gasteiger partial charge on any atom is -0.453 e. The van der Waals surface area contributed by atoms with Gasteiger partial charge >= 0.3 is 12.2 Å². The lowest BCUT2D eigenvalue weighted by Crippen LogP contribution is -2.67. The molecule has 2 N–H and O–H groups in total. The molecule has 2 amide bonds. The highest BCUT2D eigenvalue weighted by atomic mass is 16.6. The molecule has 0 aromatic rings. The summed E-state index contributed by atoms with van der Waals surface area (Å²) in [5.74, 6) is 0.894. The summed E-state index contributed by atoms with van der Waals surface area (Å²) >= 11 is 0. The molecule has 1 aliphatic carbocycles. The van der Waals surface area contributed by atoms with Crippen molar-refractivity contribution in [2.24, 2.45) is 17.3 Å². The van der Waals surface area contributed by atoms with Crippen molar-refractivity contribution in [3.8, 4) is 0 Å². The van der Waals surface area contributed by atoms with E-state index in [1.54, 1.807) is 0 Å². The molecule has 3 aliphatic heterocycles. The van der Waals surface area contributed by atoms with Gasteiger partial charge in [-0.15, -0.1) is 0 Å². The summed E-state index contributed by atoms with van der Waals surface area (Å²) in [4.78, 5) is 29.3. The quantitative estimate of drug-likeness (QED) is 0.622. The van der Waals surface area contributed by atoms with Crippen LogP contribution in [-0.2, 0) is 14.2 Å². The van der Waals surface area contributed by atoms with Crippen LogP contribution in [0.15, 0.2) is 0 Å². The molecule has 0 bridgehead atoms. The van der Waals surface area contributed by atoms with Crippen LogP contribution < -0.4 is 5.43 Å². The number of aliphatic hydroxyl groups excluding tert-OH is 1. The minimum absolute atomic E-state index is 0.0626. The van der Waals surface area contributed by atoms with Gasteiger partial charge in [0.15, 0.2) is 0 Å². The first kappa shape index (κ1) is 24.5. The van der Waals surface area contributed by atoms with Crippen molar-refractivity contribution in [1.29, 1.82) is 0 Å². The third-order valence-corrected chi connectivity index (χ3v) is 7.85. The van der Waals surface area contributed by atoms with Crippen LogP contribution in [0.1, 0.15) is 40.0 Å². The molecule has 0 spiro atoms. The highest BCUT2D eigenvalue weighted by Gasteiger charge is 2.50. The maximum Gasteiger partial charge on any atom is 0.410 e. The number of fused-ring (bicyclic) bond motifs is 1. The molecule has 4 rings (SSSR count). The van der Waals surface area contributed by atoms with Crippen molar-refractivity contribution < 1.29 is 28.9 Å². The summed E-state index contributed by atoms with van der Waals surface area (Å²) in [5, 5.41) is 12.0. The Morgan fingerprint density at radius 2 is 1.91 bits per heavy atom. The van der Waals surface area contributed by atoms with Crippen molar-refractivity contribution >= 4 is 12.2 Å². The molecule has 3 saturated heterocycles. The number of piperazine rings is 1. The number of hydrazine groups is 1. The number of hydrogen-bond acceptors (Lipinski definition) is 8. The molecule has 0 aromatic carbocycles. The Morgan fingerprint density at radius 3 is 2.52 bits per heavy atom. The maximum absolute atomic E-state index is 13.0. The van der Waals surface area contributed by atoms with Gasteiger partial charge in [0.2, 0.25) is 0 Å². The van der Waals surface area contributed by atoms with Crippen molar-refractivity contribution in [3.05, 3.63) is 0 Å². The van der Waals surface area contributed by atoms with Gasteiger partial charge in [0.05, 0.1) is 56.6 Å². The fraction of sp³-hybridized carbons (Fsp3) is 0.913. The molecule has 0 radical (unpaired) electrons. The van der Waals surface area contributed by atoms with Crippen molar-refractivity contribution in [1.82, 2.24) is 20.2 Å². The summed E-state index contributed by atoms with van der Waals surface area (Å²) in [5.41, 5.74) is 3.36. The predicted octanol–water partition coefficient (Wildman–Crippen LogP) is 1.29. The van der Waals surface area contributed by atoms with E-state index in [0.717, 1.165) is 38.9 Å². The van der Waals surface area contributed by atoms with Crippen LogP contribution in [0.25, 0.3) is 0 Å². The number of nitrogens with one attached hydrogen (secondary N) is 1. The van der Waals surface area contributed by atoms with E-state index in [1.165, 1.54) is 7.11 Å². The molecular weight excluding hydrogens is 428 g/mol. The molecule has 188 valence electrons. The minimum atomic E-state index is -0.321. The van der Waals surface area contributed by atoms with Crippen LogP contribution in [0.3, 0.4) is 0 Å². The summed E-state index contributed by atoms with van der Waals surface area (Å²) in [6.45, 7) is 10.1. The second-order valence-electron chi connectivity index (χ2n) is 10.7. The largest absolute Gasteiger partial charge is 0.453 e. The van der Waals surface area contributed by atoms with Crippen molar-refractivity contribution in [2.75, 3.05) is 53.1 Å². The van der Waals surface area contributed by atoms with Crippen molar-refractivity contribution in [3.63, 3.8) is 0 Å². The maximum atomic E-state index is 13.0. The SMILES string of the molecule is COC(=O)N1C(C)CN(C(=O)OC(C)C)C2CC(C3CNN(CC4(CO)COC4)C3)CCC21. The number of ether oxygens (including phenoxy) is 3. The molecule has 33 heavy (non-hydrogen) atoms. The number of carbonyl (C=O) groups is 2. The van der Waals surface area contributed by atoms with Crippen LogP contribution in [0.2, 0.25) is 0 Å². The molecule has 10 nitrogen and oxygen atoms in total. The fourth-order valence-corrected chi connectivity index (χ4v) is 6.11.